The second kappa shape index (κ2) is 2.84. The molecular weight excluding hydrogens is 230 g/mol. The summed E-state index contributed by atoms with van der Waals surface area (Å²) in [5.41, 5.74) is 1.47. The lowest BCUT2D eigenvalue weighted by Crippen LogP contribution is -2.17. The monoisotopic (exact) mass is 237 g/mol. The maximum atomic E-state index is 11.8. The van der Waals surface area contributed by atoms with Gasteiger partial charge in [0.2, 0.25) is 0 Å². The highest BCUT2D eigenvalue weighted by molar-refractivity contribution is 7.93. The van der Waals surface area contributed by atoms with Crippen molar-refractivity contribution in [1.29, 1.82) is 0 Å². The van der Waals surface area contributed by atoms with Crippen molar-refractivity contribution in [1.82, 2.24) is 0 Å². The highest BCUT2D eigenvalue weighted by Crippen LogP contribution is 2.42. The van der Waals surface area contributed by atoms with Crippen LogP contribution < -0.4 is 4.72 Å². The van der Waals surface area contributed by atoms with E-state index >= 15 is 0 Å². The lowest BCUT2D eigenvalue weighted by molar-refractivity contribution is 0.601. The third-order valence-corrected chi connectivity index (χ3v) is 4.70. The van der Waals surface area contributed by atoms with E-state index in [9.17, 15) is 8.42 Å². The van der Waals surface area contributed by atoms with Crippen molar-refractivity contribution in [2.75, 3.05) is 4.72 Å². The molecular formula is C10H7NO2S2. The van der Waals surface area contributed by atoms with Crippen molar-refractivity contribution in [3.05, 3.63) is 35.7 Å². The second-order valence-electron chi connectivity index (χ2n) is 3.27. The number of anilines is 1. The number of sulfonamides is 1. The first kappa shape index (κ1) is 8.94. The lowest BCUT2D eigenvalue weighted by Gasteiger charge is -2.17. The van der Waals surface area contributed by atoms with E-state index in [1.165, 1.54) is 0 Å². The van der Waals surface area contributed by atoms with Gasteiger partial charge in [0.15, 0.2) is 0 Å². The van der Waals surface area contributed by atoms with Gasteiger partial charge in [-0.2, -0.15) is 0 Å². The van der Waals surface area contributed by atoms with Gasteiger partial charge >= 0.3 is 0 Å². The molecule has 3 rings (SSSR count). The zero-order valence-corrected chi connectivity index (χ0v) is 9.23. The minimum Gasteiger partial charge on any atom is -0.278 e. The number of hydrogen-bond donors (Lipinski definition) is 1. The molecule has 3 nitrogen and oxygen atoms in total. The van der Waals surface area contributed by atoms with Gasteiger partial charge < -0.3 is 0 Å². The summed E-state index contributed by atoms with van der Waals surface area (Å²) in [4.78, 5) is 1.35. The predicted molar refractivity (Wildman–Crippen MR) is 60.6 cm³/mol. The SMILES string of the molecule is O=S1(=O)Nc2ccsc2-c2ccccc21. The van der Waals surface area contributed by atoms with E-state index in [-0.39, 0.29) is 0 Å². The first-order chi connectivity index (χ1) is 7.18. The molecule has 5 heteroatoms. The summed E-state index contributed by atoms with van der Waals surface area (Å²) in [7, 11) is -3.37. The van der Waals surface area contributed by atoms with Gasteiger partial charge in [0.05, 0.1) is 15.5 Å². The Morgan fingerprint density at radius 2 is 1.93 bits per heavy atom. The molecule has 0 fully saturated rings. The van der Waals surface area contributed by atoms with E-state index in [0.29, 0.717) is 10.6 Å². The number of benzene rings is 1. The molecule has 0 unspecified atom stereocenters. The molecule has 2 heterocycles. The maximum Gasteiger partial charge on any atom is 0.262 e. The molecule has 0 aliphatic carbocycles. The Morgan fingerprint density at radius 1 is 1.13 bits per heavy atom. The number of rotatable bonds is 0. The number of fused-ring (bicyclic) bond motifs is 3. The topological polar surface area (TPSA) is 46.2 Å². The first-order valence-electron chi connectivity index (χ1n) is 4.38. The third-order valence-electron chi connectivity index (χ3n) is 2.33. The van der Waals surface area contributed by atoms with Crippen LogP contribution in [0.15, 0.2) is 40.6 Å². The van der Waals surface area contributed by atoms with Gasteiger partial charge in [0.1, 0.15) is 0 Å². The molecule has 15 heavy (non-hydrogen) atoms. The van der Waals surface area contributed by atoms with Crippen LogP contribution in [0, 0.1) is 0 Å². The molecule has 1 aliphatic heterocycles. The molecule has 0 saturated carbocycles. The zero-order chi connectivity index (χ0) is 10.5. The van der Waals surface area contributed by atoms with E-state index in [0.717, 1.165) is 10.4 Å². The molecule has 1 aliphatic rings. The van der Waals surface area contributed by atoms with Gasteiger partial charge in [-0.15, -0.1) is 11.3 Å². The van der Waals surface area contributed by atoms with Crippen molar-refractivity contribution in [2.24, 2.45) is 0 Å². The number of thiophene rings is 1. The third kappa shape index (κ3) is 1.20. The van der Waals surface area contributed by atoms with E-state index in [1.807, 2.05) is 17.5 Å². The molecule has 0 radical (unpaired) electrons. The van der Waals surface area contributed by atoms with Gasteiger partial charge in [0, 0.05) is 5.56 Å². The van der Waals surface area contributed by atoms with E-state index < -0.39 is 10.0 Å². The van der Waals surface area contributed by atoms with Crippen LogP contribution in [0.2, 0.25) is 0 Å². The normalized spacial score (nSPS) is 16.3. The molecule has 1 N–H and O–H groups in total. The van der Waals surface area contributed by atoms with Crippen molar-refractivity contribution in [3.8, 4) is 10.4 Å². The minimum atomic E-state index is -3.37. The smallest absolute Gasteiger partial charge is 0.262 e. The quantitative estimate of drug-likeness (QED) is 0.765. The van der Waals surface area contributed by atoms with Crippen LogP contribution in [0.3, 0.4) is 0 Å². The summed E-state index contributed by atoms with van der Waals surface area (Å²) in [5.74, 6) is 0. The average Bonchev–Trinajstić information content (AvgIpc) is 2.65. The van der Waals surface area contributed by atoms with Crippen LogP contribution in [0.1, 0.15) is 0 Å². The molecule has 0 saturated heterocycles. The fourth-order valence-corrected chi connectivity index (χ4v) is 3.99. The van der Waals surface area contributed by atoms with Crippen molar-refractivity contribution in [2.45, 2.75) is 4.90 Å². The van der Waals surface area contributed by atoms with Gasteiger partial charge in [-0.05, 0) is 17.5 Å². The van der Waals surface area contributed by atoms with Crippen molar-refractivity contribution < 1.29 is 8.42 Å². The van der Waals surface area contributed by atoms with E-state index in [1.54, 1.807) is 29.5 Å². The fourth-order valence-electron chi connectivity index (χ4n) is 1.69. The van der Waals surface area contributed by atoms with Crippen LogP contribution in [0.4, 0.5) is 5.69 Å². The van der Waals surface area contributed by atoms with Crippen LogP contribution in [0.5, 0.6) is 0 Å². The molecule has 0 bridgehead atoms. The fraction of sp³-hybridized carbons (Fsp3) is 0. The average molecular weight is 237 g/mol. The van der Waals surface area contributed by atoms with Crippen molar-refractivity contribution in [3.63, 3.8) is 0 Å². The Labute approximate surface area is 91.4 Å². The Balaban J connectivity index is 2.44. The largest absolute Gasteiger partial charge is 0.278 e. The summed E-state index contributed by atoms with van der Waals surface area (Å²) >= 11 is 1.54. The molecule has 1 aromatic carbocycles. The molecule has 0 atom stereocenters. The highest BCUT2D eigenvalue weighted by atomic mass is 32.2. The van der Waals surface area contributed by atoms with Crippen molar-refractivity contribution >= 4 is 27.0 Å². The zero-order valence-electron chi connectivity index (χ0n) is 7.60. The lowest BCUT2D eigenvalue weighted by atomic mass is 10.2. The Hall–Kier alpha value is -1.33. The summed E-state index contributed by atoms with van der Waals surface area (Å²) in [6.07, 6.45) is 0. The van der Waals surface area contributed by atoms with E-state index in [4.69, 9.17) is 0 Å². The van der Waals surface area contributed by atoms with Gasteiger partial charge in [-0.1, -0.05) is 18.2 Å². The summed E-state index contributed by atoms with van der Waals surface area (Å²) in [6.45, 7) is 0. The van der Waals surface area contributed by atoms with Crippen LogP contribution in [-0.2, 0) is 10.0 Å². The standard InChI is InChI=1S/C10H7NO2S2/c12-15(13)9-4-2-1-3-7(9)10-8(11-15)5-6-14-10/h1-6,11H. The summed E-state index contributed by atoms with van der Waals surface area (Å²) in [6, 6.07) is 8.83. The highest BCUT2D eigenvalue weighted by Gasteiger charge is 2.27. The molecule has 0 amide bonds. The summed E-state index contributed by atoms with van der Waals surface area (Å²) in [5, 5.41) is 1.88. The first-order valence-corrected chi connectivity index (χ1v) is 6.74. The minimum absolute atomic E-state index is 0.361. The number of nitrogens with one attached hydrogen (secondary N) is 1. The van der Waals surface area contributed by atoms with Crippen LogP contribution in [0.25, 0.3) is 10.4 Å². The van der Waals surface area contributed by atoms with Gasteiger partial charge in [0.25, 0.3) is 10.0 Å². The Morgan fingerprint density at radius 3 is 2.80 bits per heavy atom. The van der Waals surface area contributed by atoms with Gasteiger partial charge in [-0.3, -0.25) is 4.72 Å². The van der Waals surface area contributed by atoms with Crippen LogP contribution >= 0.6 is 11.3 Å². The van der Waals surface area contributed by atoms with Gasteiger partial charge in [-0.25, -0.2) is 8.42 Å². The molecule has 2 aromatic rings. The molecule has 1 aromatic heterocycles. The van der Waals surface area contributed by atoms with Crippen LogP contribution in [-0.4, -0.2) is 8.42 Å². The Kier molecular flexibility index (Phi) is 1.69. The summed E-state index contributed by atoms with van der Waals surface area (Å²) < 4.78 is 26.2. The Bertz CT molecular complexity index is 628. The second-order valence-corrected chi connectivity index (χ2v) is 5.83. The number of hydrogen-bond acceptors (Lipinski definition) is 3. The maximum absolute atomic E-state index is 11.8. The van der Waals surface area contributed by atoms with E-state index in [2.05, 4.69) is 4.72 Å². The molecule has 0 spiro atoms. The molecule has 76 valence electrons. The predicted octanol–water partition coefficient (Wildman–Crippen LogP) is 2.53.